The van der Waals surface area contributed by atoms with E-state index in [4.69, 9.17) is 9.47 Å². The van der Waals surface area contributed by atoms with Gasteiger partial charge in [-0.25, -0.2) is 0 Å². The van der Waals surface area contributed by atoms with Crippen molar-refractivity contribution in [2.45, 2.75) is 76.5 Å². The molecular weight excluding hydrogens is 228 g/mol. The SMILES string of the molecule is C=C[C@](C)(O)[C@H]1OC(C)(C)O[C@H]1C1CCCCC1. The van der Waals surface area contributed by atoms with E-state index in [0.29, 0.717) is 5.92 Å². The average molecular weight is 254 g/mol. The molecule has 0 unspecified atom stereocenters. The summed E-state index contributed by atoms with van der Waals surface area (Å²) in [6, 6.07) is 0. The lowest BCUT2D eigenvalue weighted by Crippen LogP contribution is -2.47. The summed E-state index contributed by atoms with van der Waals surface area (Å²) in [6.45, 7) is 9.31. The quantitative estimate of drug-likeness (QED) is 0.787. The van der Waals surface area contributed by atoms with E-state index in [-0.39, 0.29) is 12.2 Å². The molecule has 0 aromatic rings. The molecule has 0 spiro atoms. The zero-order valence-corrected chi connectivity index (χ0v) is 11.8. The Kier molecular flexibility index (Phi) is 3.86. The maximum atomic E-state index is 10.4. The first-order valence-corrected chi connectivity index (χ1v) is 7.07. The van der Waals surface area contributed by atoms with Gasteiger partial charge in [0.05, 0.1) is 6.10 Å². The minimum Gasteiger partial charge on any atom is -0.383 e. The second-order valence-corrected chi connectivity index (χ2v) is 6.35. The Bertz CT molecular complexity index is 303. The molecule has 0 bridgehead atoms. The molecule has 3 nitrogen and oxygen atoms in total. The van der Waals surface area contributed by atoms with Crippen molar-refractivity contribution in [2.75, 3.05) is 0 Å². The summed E-state index contributed by atoms with van der Waals surface area (Å²) in [5.41, 5.74) is -1.03. The second kappa shape index (κ2) is 4.95. The number of ether oxygens (including phenoxy) is 2. The largest absolute Gasteiger partial charge is 0.383 e. The van der Waals surface area contributed by atoms with Crippen molar-refractivity contribution in [2.24, 2.45) is 5.92 Å². The molecule has 1 aliphatic heterocycles. The summed E-state index contributed by atoms with van der Waals surface area (Å²) in [5.74, 6) is -0.114. The zero-order chi connectivity index (χ0) is 13.4. The normalized spacial score (nSPS) is 36.2. The second-order valence-electron chi connectivity index (χ2n) is 6.35. The lowest BCUT2D eigenvalue weighted by atomic mass is 9.80. The van der Waals surface area contributed by atoms with E-state index < -0.39 is 11.4 Å². The highest BCUT2D eigenvalue weighted by Crippen LogP contribution is 2.41. The maximum Gasteiger partial charge on any atom is 0.163 e. The molecule has 104 valence electrons. The van der Waals surface area contributed by atoms with Gasteiger partial charge in [0, 0.05) is 0 Å². The molecule has 2 aliphatic rings. The topological polar surface area (TPSA) is 38.7 Å². The molecule has 0 amide bonds. The van der Waals surface area contributed by atoms with Crippen LogP contribution in [-0.2, 0) is 9.47 Å². The van der Waals surface area contributed by atoms with E-state index in [1.54, 1.807) is 13.0 Å². The molecule has 1 saturated heterocycles. The van der Waals surface area contributed by atoms with E-state index >= 15 is 0 Å². The van der Waals surface area contributed by atoms with Gasteiger partial charge in [0.2, 0.25) is 0 Å². The summed E-state index contributed by atoms with van der Waals surface area (Å²) in [6.07, 6.45) is 7.42. The molecule has 2 fully saturated rings. The number of hydrogen-bond acceptors (Lipinski definition) is 3. The van der Waals surface area contributed by atoms with Crippen LogP contribution in [-0.4, -0.2) is 28.7 Å². The summed E-state index contributed by atoms with van der Waals surface area (Å²) >= 11 is 0. The minimum atomic E-state index is -1.03. The van der Waals surface area contributed by atoms with Crippen LogP contribution in [0.25, 0.3) is 0 Å². The van der Waals surface area contributed by atoms with Gasteiger partial charge in [-0.1, -0.05) is 25.3 Å². The molecule has 0 radical (unpaired) electrons. The lowest BCUT2D eigenvalue weighted by molar-refractivity contribution is -0.163. The van der Waals surface area contributed by atoms with Crippen molar-refractivity contribution >= 4 is 0 Å². The Morgan fingerprint density at radius 3 is 2.39 bits per heavy atom. The van der Waals surface area contributed by atoms with Gasteiger partial charge < -0.3 is 14.6 Å². The molecule has 1 N–H and O–H groups in total. The first-order chi connectivity index (χ1) is 8.36. The third-order valence-electron chi connectivity index (χ3n) is 4.23. The van der Waals surface area contributed by atoms with Crippen LogP contribution in [0.4, 0.5) is 0 Å². The van der Waals surface area contributed by atoms with Crippen LogP contribution in [0.15, 0.2) is 12.7 Å². The van der Waals surface area contributed by atoms with Crippen molar-refractivity contribution in [1.82, 2.24) is 0 Å². The van der Waals surface area contributed by atoms with Crippen molar-refractivity contribution in [3.8, 4) is 0 Å². The fourth-order valence-corrected chi connectivity index (χ4v) is 3.16. The Balaban J connectivity index is 2.17. The average Bonchev–Trinajstić information content (AvgIpc) is 2.67. The molecule has 2 rings (SSSR count). The van der Waals surface area contributed by atoms with Crippen LogP contribution in [0.1, 0.15) is 52.9 Å². The van der Waals surface area contributed by atoms with Gasteiger partial charge in [0.1, 0.15) is 11.7 Å². The van der Waals surface area contributed by atoms with Gasteiger partial charge in [0.25, 0.3) is 0 Å². The van der Waals surface area contributed by atoms with E-state index in [0.717, 1.165) is 0 Å². The molecular formula is C15H26O3. The first kappa shape index (κ1) is 14.0. The Hall–Kier alpha value is -0.380. The predicted molar refractivity (Wildman–Crippen MR) is 71.2 cm³/mol. The van der Waals surface area contributed by atoms with E-state index in [9.17, 15) is 5.11 Å². The summed E-state index contributed by atoms with van der Waals surface area (Å²) in [4.78, 5) is 0. The zero-order valence-electron chi connectivity index (χ0n) is 11.8. The van der Waals surface area contributed by atoms with Crippen molar-refractivity contribution in [3.63, 3.8) is 0 Å². The van der Waals surface area contributed by atoms with Crippen LogP contribution in [0.2, 0.25) is 0 Å². The standard InChI is InChI=1S/C15H26O3/c1-5-15(4,16)13-12(17-14(2,3)18-13)11-9-7-6-8-10-11/h5,11-13,16H,1,6-10H2,2-4H3/t12-,13-,15-/m0/s1. The van der Waals surface area contributed by atoms with E-state index in [1.807, 2.05) is 13.8 Å². The van der Waals surface area contributed by atoms with Crippen LogP contribution < -0.4 is 0 Å². The monoisotopic (exact) mass is 254 g/mol. The molecule has 0 aromatic carbocycles. The highest BCUT2D eigenvalue weighted by molar-refractivity contribution is 5.05. The molecule has 1 heterocycles. The van der Waals surface area contributed by atoms with Crippen LogP contribution >= 0.6 is 0 Å². The molecule has 0 aromatic heterocycles. The molecule has 3 heteroatoms. The number of hydrogen-bond donors (Lipinski definition) is 1. The smallest absolute Gasteiger partial charge is 0.163 e. The number of rotatable bonds is 3. The van der Waals surface area contributed by atoms with E-state index in [2.05, 4.69) is 6.58 Å². The Morgan fingerprint density at radius 1 is 1.22 bits per heavy atom. The Labute approximate surface area is 110 Å². The number of aliphatic hydroxyl groups is 1. The fraction of sp³-hybridized carbons (Fsp3) is 0.867. The third-order valence-corrected chi connectivity index (χ3v) is 4.23. The van der Waals surface area contributed by atoms with Crippen molar-refractivity contribution < 1.29 is 14.6 Å². The van der Waals surface area contributed by atoms with Crippen molar-refractivity contribution in [3.05, 3.63) is 12.7 Å². The van der Waals surface area contributed by atoms with Gasteiger partial charge >= 0.3 is 0 Å². The van der Waals surface area contributed by atoms with Gasteiger partial charge in [0.15, 0.2) is 5.79 Å². The molecule has 18 heavy (non-hydrogen) atoms. The van der Waals surface area contributed by atoms with Gasteiger partial charge in [-0.05, 0) is 39.5 Å². The third kappa shape index (κ3) is 2.79. The van der Waals surface area contributed by atoms with E-state index in [1.165, 1.54) is 32.1 Å². The van der Waals surface area contributed by atoms with Crippen LogP contribution in [0, 0.1) is 5.92 Å². The highest BCUT2D eigenvalue weighted by atomic mass is 16.8. The van der Waals surface area contributed by atoms with Crippen LogP contribution in [0.3, 0.4) is 0 Å². The molecule has 3 atom stereocenters. The summed E-state index contributed by atoms with van der Waals surface area (Å²) in [7, 11) is 0. The lowest BCUT2D eigenvalue weighted by Gasteiger charge is -2.34. The highest BCUT2D eigenvalue weighted by Gasteiger charge is 2.51. The fourth-order valence-electron chi connectivity index (χ4n) is 3.16. The first-order valence-electron chi connectivity index (χ1n) is 7.07. The van der Waals surface area contributed by atoms with Gasteiger partial charge in [-0.15, -0.1) is 6.58 Å². The minimum absolute atomic E-state index is 0.0201. The Morgan fingerprint density at radius 2 is 1.83 bits per heavy atom. The predicted octanol–water partition coefficient (Wildman–Crippen LogP) is 3.02. The van der Waals surface area contributed by atoms with Gasteiger partial charge in [-0.2, -0.15) is 0 Å². The van der Waals surface area contributed by atoms with Gasteiger partial charge in [-0.3, -0.25) is 0 Å². The molecule has 1 saturated carbocycles. The molecule has 1 aliphatic carbocycles. The van der Waals surface area contributed by atoms with Crippen molar-refractivity contribution in [1.29, 1.82) is 0 Å². The summed E-state index contributed by atoms with van der Waals surface area (Å²) in [5, 5.41) is 10.4. The maximum absolute atomic E-state index is 10.4. The van der Waals surface area contributed by atoms with Crippen LogP contribution in [0.5, 0.6) is 0 Å². The summed E-state index contributed by atoms with van der Waals surface area (Å²) < 4.78 is 12.0.